The molecule has 1 aliphatic heterocycles. The van der Waals surface area contributed by atoms with Crippen molar-refractivity contribution in [2.75, 3.05) is 7.11 Å². The van der Waals surface area contributed by atoms with Gasteiger partial charge in [-0.25, -0.2) is 9.59 Å². The van der Waals surface area contributed by atoms with E-state index in [4.69, 9.17) is 17.3 Å². The van der Waals surface area contributed by atoms with Gasteiger partial charge in [0.05, 0.1) is 17.6 Å². The third-order valence-corrected chi connectivity index (χ3v) is 5.01. The Kier molecular flexibility index (Phi) is 6.70. The first kappa shape index (κ1) is 20.6. The molecule has 0 bridgehead atoms. The SMILES string of the molecule is COC(=O)c1ccc(/C=C2/SC(=S)N([C@H](CCC(=O)O)C(=O)O)C2=O)cc1. The Morgan fingerprint density at radius 2 is 1.89 bits per heavy atom. The Morgan fingerprint density at radius 3 is 2.41 bits per heavy atom. The van der Waals surface area contributed by atoms with E-state index in [1.807, 2.05) is 0 Å². The van der Waals surface area contributed by atoms with Crippen molar-refractivity contribution in [2.45, 2.75) is 18.9 Å². The maximum Gasteiger partial charge on any atom is 0.337 e. The summed E-state index contributed by atoms with van der Waals surface area (Å²) in [6, 6.07) is 4.94. The summed E-state index contributed by atoms with van der Waals surface area (Å²) < 4.78 is 4.66. The van der Waals surface area contributed by atoms with Crippen LogP contribution in [0.4, 0.5) is 0 Å². The van der Waals surface area contributed by atoms with Crippen LogP contribution in [0, 0.1) is 0 Å². The summed E-state index contributed by atoms with van der Waals surface area (Å²) in [4.78, 5) is 47.4. The van der Waals surface area contributed by atoms with E-state index < -0.39 is 36.3 Å². The molecule has 0 unspecified atom stereocenters. The normalized spacial score (nSPS) is 16.5. The van der Waals surface area contributed by atoms with E-state index in [9.17, 15) is 24.3 Å². The number of nitrogens with zero attached hydrogens (tertiary/aromatic N) is 1. The molecule has 1 atom stereocenters. The zero-order valence-electron chi connectivity index (χ0n) is 14.1. The first-order chi connectivity index (χ1) is 12.7. The van der Waals surface area contributed by atoms with Gasteiger partial charge < -0.3 is 14.9 Å². The van der Waals surface area contributed by atoms with E-state index in [0.717, 1.165) is 16.7 Å². The van der Waals surface area contributed by atoms with Crippen LogP contribution in [-0.2, 0) is 19.1 Å². The zero-order valence-corrected chi connectivity index (χ0v) is 15.7. The largest absolute Gasteiger partial charge is 0.481 e. The maximum atomic E-state index is 12.6. The fourth-order valence-corrected chi connectivity index (χ4v) is 3.71. The van der Waals surface area contributed by atoms with E-state index in [1.165, 1.54) is 25.3 Å². The monoisotopic (exact) mass is 409 g/mol. The van der Waals surface area contributed by atoms with Crippen LogP contribution in [0.5, 0.6) is 0 Å². The second kappa shape index (κ2) is 8.78. The van der Waals surface area contributed by atoms with Crippen molar-refractivity contribution in [1.29, 1.82) is 0 Å². The third-order valence-electron chi connectivity index (χ3n) is 3.68. The molecule has 142 valence electrons. The molecule has 8 nitrogen and oxygen atoms in total. The van der Waals surface area contributed by atoms with Crippen molar-refractivity contribution in [3.63, 3.8) is 0 Å². The zero-order chi connectivity index (χ0) is 20.1. The topological polar surface area (TPSA) is 121 Å². The number of hydrogen-bond donors (Lipinski definition) is 2. The quantitative estimate of drug-likeness (QED) is 0.395. The highest BCUT2D eigenvalue weighted by Crippen LogP contribution is 2.35. The number of hydrogen-bond acceptors (Lipinski definition) is 7. The summed E-state index contributed by atoms with van der Waals surface area (Å²) in [7, 11) is 1.27. The first-order valence-electron chi connectivity index (χ1n) is 7.64. The van der Waals surface area contributed by atoms with Gasteiger partial charge in [-0.05, 0) is 30.2 Å². The van der Waals surface area contributed by atoms with E-state index in [0.29, 0.717) is 11.1 Å². The van der Waals surface area contributed by atoms with Gasteiger partial charge in [-0.15, -0.1) is 0 Å². The van der Waals surface area contributed by atoms with Gasteiger partial charge in [-0.1, -0.05) is 36.1 Å². The Morgan fingerprint density at radius 1 is 1.26 bits per heavy atom. The number of ether oxygens (including phenoxy) is 1. The number of thiocarbonyl (C=S) groups is 1. The molecule has 0 saturated carbocycles. The van der Waals surface area contributed by atoms with Crippen LogP contribution >= 0.6 is 24.0 Å². The average molecular weight is 409 g/mol. The van der Waals surface area contributed by atoms with Crippen molar-refractivity contribution in [3.05, 3.63) is 40.3 Å². The number of amides is 1. The van der Waals surface area contributed by atoms with Crippen LogP contribution in [-0.4, -0.2) is 56.4 Å². The number of benzene rings is 1. The van der Waals surface area contributed by atoms with Gasteiger partial charge in [0.15, 0.2) is 0 Å². The Balaban J connectivity index is 2.23. The minimum absolute atomic E-state index is 0.0511. The number of carboxylic acids is 2. The highest BCUT2D eigenvalue weighted by molar-refractivity contribution is 8.26. The minimum atomic E-state index is -1.35. The number of methoxy groups -OCH3 is 1. The van der Waals surface area contributed by atoms with Crippen LogP contribution in [0.15, 0.2) is 29.2 Å². The number of thioether (sulfide) groups is 1. The van der Waals surface area contributed by atoms with Crippen LogP contribution in [0.25, 0.3) is 6.08 Å². The summed E-state index contributed by atoms with van der Waals surface area (Å²) in [5, 5.41) is 18.1. The molecular formula is C17H15NO7S2. The lowest BCUT2D eigenvalue weighted by Crippen LogP contribution is -2.44. The molecule has 0 spiro atoms. The summed E-state index contributed by atoms with van der Waals surface area (Å²) in [6.45, 7) is 0. The standard InChI is InChI=1S/C17H15NO7S2/c1-25-16(24)10-4-2-9(3-5-10)8-12-14(21)18(17(26)27-12)11(15(22)23)6-7-13(19)20/h2-5,8,11H,6-7H2,1H3,(H,19,20)(H,22,23)/b12-8+/t11-/m1/s1. The highest BCUT2D eigenvalue weighted by Gasteiger charge is 2.40. The third kappa shape index (κ3) is 4.92. The van der Waals surface area contributed by atoms with Crippen LogP contribution < -0.4 is 0 Å². The number of carboxylic acid groups (broad SMARTS) is 2. The number of rotatable bonds is 7. The van der Waals surface area contributed by atoms with Gasteiger partial charge in [-0.3, -0.25) is 14.5 Å². The lowest BCUT2D eigenvalue weighted by atomic mass is 10.1. The molecule has 1 aromatic rings. The van der Waals surface area contributed by atoms with Crippen molar-refractivity contribution >= 4 is 58.2 Å². The van der Waals surface area contributed by atoms with Gasteiger partial charge in [0, 0.05) is 6.42 Å². The Bertz CT molecular complexity index is 832. The average Bonchev–Trinajstić information content (AvgIpc) is 2.89. The smallest absolute Gasteiger partial charge is 0.337 e. The number of carbonyl (C=O) groups is 4. The number of aliphatic carboxylic acids is 2. The van der Waals surface area contributed by atoms with E-state index in [1.54, 1.807) is 12.1 Å². The molecule has 10 heteroatoms. The molecule has 0 aromatic heterocycles. The summed E-state index contributed by atoms with van der Waals surface area (Å²) in [6.07, 6.45) is 0.872. The Hall–Kier alpha value is -2.72. The molecule has 1 saturated heterocycles. The molecule has 1 aliphatic rings. The molecule has 0 aliphatic carbocycles. The second-order valence-electron chi connectivity index (χ2n) is 5.45. The summed E-state index contributed by atoms with van der Waals surface area (Å²) >= 11 is 6.05. The van der Waals surface area contributed by atoms with Gasteiger partial charge >= 0.3 is 17.9 Å². The van der Waals surface area contributed by atoms with Crippen molar-refractivity contribution < 1.29 is 34.1 Å². The number of carbonyl (C=O) groups excluding carboxylic acids is 2. The predicted molar refractivity (Wildman–Crippen MR) is 101 cm³/mol. The molecule has 1 amide bonds. The predicted octanol–water partition coefficient (Wildman–Crippen LogP) is 1.99. The molecule has 1 fully saturated rings. The van der Waals surface area contributed by atoms with E-state index in [-0.39, 0.29) is 15.6 Å². The summed E-state index contributed by atoms with van der Waals surface area (Å²) in [5.41, 5.74) is 0.961. The Labute approximate surface area is 163 Å². The molecule has 2 rings (SSSR count). The molecule has 0 radical (unpaired) electrons. The first-order valence-corrected chi connectivity index (χ1v) is 8.87. The molecule has 2 N–H and O–H groups in total. The van der Waals surface area contributed by atoms with E-state index in [2.05, 4.69) is 4.74 Å². The van der Waals surface area contributed by atoms with Gasteiger partial charge in [0.2, 0.25) is 0 Å². The van der Waals surface area contributed by atoms with Crippen LogP contribution in [0.1, 0.15) is 28.8 Å². The lowest BCUT2D eigenvalue weighted by molar-refractivity contribution is -0.146. The second-order valence-corrected chi connectivity index (χ2v) is 7.13. The fraction of sp³-hybridized carbons (Fsp3) is 0.235. The maximum absolute atomic E-state index is 12.6. The fourth-order valence-electron chi connectivity index (χ4n) is 2.36. The van der Waals surface area contributed by atoms with Gasteiger partial charge in [0.1, 0.15) is 10.4 Å². The highest BCUT2D eigenvalue weighted by atomic mass is 32.2. The van der Waals surface area contributed by atoms with Gasteiger partial charge in [-0.2, -0.15) is 0 Å². The van der Waals surface area contributed by atoms with Crippen molar-refractivity contribution in [3.8, 4) is 0 Å². The van der Waals surface area contributed by atoms with Crippen LogP contribution in [0.3, 0.4) is 0 Å². The van der Waals surface area contributed by atoms with E-state index >= 15 is 0 Å². The van der Waals surface area contributed by atoms with Crippen molar-refractivity contribution in [1.82, 2.24) is 4.90 Å². The lowest BCUT2D eigenvalue weighted by Gasteiger charge is -2.22. The van der Waals surface area contributed by atoms with Gasteiger partial charge in [0.25, 0.3) is 5.91 Å². The minimum Gasteiger partial charge on any atom is -0.481 e. The molecule has 27 heavy (non-hydrogen) atoms. The number of esters is 1. The summed E-state index contributed by atoms with van der Waals surface area (Å²) in [5.74, 6) is -3.57. The molecule has 1 aromatic carbocycles. The molecule has 1 heterocycles. The van der Waals surface area contributed by atoms with Crippen LogP contribution in [0.2, 0.25) is 0 Å². The molecular weight excluding hydrogens is 394 g/mol. The van der Waals surface area contributed by atoms with Crippen molar-refractivity contribution in [2.24, 2.45) is 0 Å².